The lowest BCUT2D eigenvalue weighted by atomic mass is 10.1. The Hall–Kier alpha value is -0.540. The van der Waals surface area contributed by atoms with Gasteiger partial charge in [-0.3, -0.25) is 0 Å². The quantitative estimate of drug-likeness (QED) is 0.817. The van der Waals surface area contributed by atoms with Gasteiger partial charge in [-0.15, -0.1) is 0 Å². The van der Waals surface area contributed by atoms with Crippen molar-refractivity contribution in [3.63, 3.8) is 0 Å². The molecular formula is C15H25BrN2. The minimum atomic E-state index is 0.681. The van der Waals surface area contributed by atoms with E-state index in [4.69, 9.17) is 0 Å². The molecule has 102 valence electrons. The van der Waals surface area contributed by atoms with E-state index in [2.05, 4.69) is 72.0 Å². The summed E-state index contributed by atoms with van der Waals surface area (Å²) in [5.74, 6) is 0.681. The number of rotatable bonds is 7. The lowest BCUT2D eigenvalue weighted by molar-refractivity contribution is 0.615. The average molecular weight is 313 g/mol. The summed E-state index contributed by atoms with van der Waals surface area (Å²) in [6.45, 7) is 13.0. The van der Waals surface area contributed by atoms with Gasteiger partial charge in [-0.25, -0.2) is 0 Å². The van der Waals surface area contributed by atoms with Crippen molar-refractivity contribution in [2.75, 3.05) is 24.5 Å². The third-order valence-electron chi connectivity index (χ3n) is 2.91. The Morgan fingerprint density at radius 1 is 1.28 bits per heavy atom. The second-order valence-electron chi connectivity index (χ2n) is 4.99. The second kappa shape index (κ2) is 7.80. The van der Waals surface area contributed by atoms with Crippen LogP contribution in [0.4, 0.5) is 5.69 Å². The highest BCUT2D eigenvalue weighted by atomic mass is 79.9. The molecule has 0 amide bonds. The van der Waals surface area contributed by atoms with Gasteiger partial charge < -0.3 is 10.2 Å². The van der Waals surface area contributed by atoms with Gasteiger partial charge in [-0.05, 0) is 43.1 Å². The Balaban J connectivity index is 2.96. The molecule has 0 heterocycles. The van der Waals surface area contributed by atoms with Crippen molar-refractivity contribution in [1.82, 2.24) is 5.32 Å². The van der Waals surface area contributed by atoms with Crippen LogP contribution in [0.1, 0.15) is 33.3 Å². The number of anilines is 1. The van der Waals surface area contributed by atoms with E-state index in [9.17, 15) is 0 Å². The van der Waals surface area contributed by atoms with Gasteiger partial charge in [0.25, 0.3) is 0 Å². The van der Waals surface area contributed by atoms with E-state index >= 15 is 0 Å². The normalized spacial score (nSPS) is 11.0. The molecule has 0 aromatic heterocycles. The van der Waals surface area contributed by atoms with Crippen LogP contribution in [0.2, 0.25) is 0 Å². The van der Waals surface area contributed by atoms with Gasteiger partial charge in [-0.1, -0.05) is 36.7 Å². The van der Waals surface area contributed by atoms with Crippen molar-refractivity contribution >= 4 is 21.6 Å². The summed E-state index contributed by atoms with van der Waals surface area (Å²) >= 11 is 3.56. The van der Waals surface area contributed by atoms with E-state index in [0.29, 0.717) is 5.92 Å². The zero-order valence-corrected chi connectivity index (χ0v) is 13.5. The highest BCUT2D eigenvalue weighted by Crippen LogP contribution is 2.25. The predicted octanol–water partition coefficient (Wildman–Crippen LogP) is 4.04. The minimum absolute atomic E-state index is 0.681. The topological polar surface area (TPSA) is 15.3 Å². The van der Waals surface area contributed by atoms with E-state index < -0.39 is 0 Å². The van der Waals surface area contributed by atoms with Gasteiger partial charge >= 0.3 is 0 Å². The van der Waals surface area contributed by atoms with Crippen molar-refractivity contribution in [1.29, 1.82) is 0 Å². The maximum atomic E-state index is 3.56. The summed E-state index contributed by atoms with van der Waals surface area (Å²) in [5, 5.41) is 3.42. The molecule has 0 atom stereocenters. The van der Waals surface area contributed by atoms with E-state index in [-0.39, 0.29) is 0 Å². The van der Waals surface area contributed by atoms with E-state index in [1.165, 1.54) is 11.3 Å². The fourth-order valence-corrected chi connectivity index (χ4v) is 2.51. The van der Waals surface area contributed by atoms with Crippen molar-refractivity contribution in [3.05, 3.63) is 28.2 Å². The Kier molecular flexibility index (Phi) is 6.72. The van der Waals surface area contributed by atoms with E-state index in [0.717, 1.165) is 30.7 Å². The van der Waals surface area contributed by atoms with Gasteiger partial charge in [-0.2, -0.15) is 0 Å². The molecule has 0 aliphatic heterocycles. The lowest BCUT2D eigenvalue weighted by Crippen LogP contribution is -2.29. The van der Waals surface area contributed by atoms with Crippen LogP contribution in [0.3, 0.4) is 0 Å². The fourth-order valence-electron chi connectivity index (χ4n) is 2.10. The predicted molar refractivity (Wildman–Crippen MR) is 84.2 cm³/mol. The summed E-state index contributed by atoms with van der Waals surface area (Å²) in [5.41, 5.74) is 2.73. The fraction of sp³-hybridized carbons (Fsp3) is 0.600. The first-order chi connectivity index (χ1) is 8.58. The number of nitrogens with one attached hydrogen (secondary N) is 1. The monoisotopic (exact) mass is 312 g/mol. The zero-order valence-electron chi connectivity index (χ0n) is 12.0. The molecule has 3 heteroatoms. The van der Waals surface area contributed by atoms with Crippen LogP contribution in [0.5, 0.6) is 0 Å². The third kappa shape index (κ3) is 4.62. The molecule has 0 unspecified atom stereocenters. The standard InChI is InChI=1S/C15H25BrN2/c1-5-17-10-13-9-14(16)7-8-15(13)18(6-2)11-12(3)4/h7-9,12,17H,5-6,10-11H2,1-4H3. The highest BCUT2D eigenvalue weighted by Gasteiger charge is 2.11. The van der Waals surface area contributed by atoms with Crippen LogP contribution < -0.4 is 10.2 Å². The van der Waals surface area contributed by atoms with Crippen molar-refractivity contribution in [2.45, 2.75) is 34.2 Å². The molecule has 0 radical (unpaired) electrons. The SMILES string of the molecule is CCNCc1cc(Br)ccc1N(CC)CC(C)C. The highest BCUT2D eigenvalue weighted by molar-refractivity contribution is 9.10. The number of halogens is 1. The van der Waals surface area contributed by atoms with Crippen LogP contribution in [0.25, 0.3) is 0 Å². The van der Waals surface area contributed by atoms with E-state index in [1.807, 2.05) is 0 Å². The summed E-state index contributed by atoms with van der Waals surface area (Å²) in [6.07, 6.45) is 0. The van der Waals surface area contributed by atoms with Crippen molar-refractivity contribution < 1.29 is 0 Å². The molecule has 0 aliphatic rings. The van der Waals surface area contributed by atoms with E-state index in [1.54, 1.807) is 0 Å². The van der Waals surface area contributed by atoms with Crippen molar-refractivity contribution in [3.8, 4) is 0 Å². The summed E-state index contributed by atoms with van der Waals surface area (Å²) in [7, 11) is 0. The summed E-state index contributed by atoms with van der Waals surface area (Å²) in [4.78, 5) is 2.46. The van der Waals surface area contributed by atoms with Crippen LogP contribution >= 0.6 is 15.9 Å². The Morgan fingerprint density at radius 3 is 2.56 bits per heavy atom. The van der Waals surface area contributed by atoms with Gasteiger partial charge in [0, 0.05) is 29.8 Å². The van der Waals surface area contributed by atoms with Gasteiger partial charge in [0.15, 0.2) is 0 Å². The number of hydrogen-bond acceptors (Lipinski definition) is 2. The molecule has 1 N–H and O–H groups in total. The molecular weight excluding hydrogens is 288 g/mol. The molecule has 2 nitrogen and oxygen atoms in total. The maximum absolute atomic E-state index is 3.56. The summed E-state index contributed by atoms with van der Waals surface area (Å²) in [6, 6.07) is 6.58. The average Bonchev–Trinajstić information content (AvgIpc) is 2.33. The molecule has 0 saturated carbocycles. The molecule has 1 aromatic carbocycles. The summed E-state index contributed by atoms with van der Waals surface area (Å²) < 4.78 is 1.15. The maximum Gasteiger partial charge on any atom is 0.0412 e. The van der Waals surface area contributed by atoms with Crippen LogP contribution in [0, 0.1) is 5.92 Å². The van der Waals surface area contributed by atoms with Gasteiger partial charge in [0.1, 0.15) is 0 Å². The molecule has 0 aliphatic carbocycles. The first-order valence-electron chi connectivity index (χ1n) is 6.82. The van der Waals surface area contributed by atoms with Gasteiger partial charge in [0.2, 0.25) is 0 Å². The largest absolute Gasteiger partial charge is 0.371 e. The molecule has 0 fully saturated rings. The van der Waals surface area contributed by atoms with Crippen LogP contribution in [-0.2, 0) is 6.54 Å². The first-order valence-corrected chi connectivity index (χ1v) is 7.61. The molecule has 0 spiro atoms. The third-order valence-corrected chi connectivity index (χ3v) is 3.41. The second-order valence-corrected chi connectivity index (χ2v) is 5.90. The molecule has 18 heavy (non-hydrogen) atoms. The Bertz CT molecular complexity index is 364. The van der Waals surface area contributed by atoms with Gasteiger partial charge in [0.05, 0.1) is 0 Å². The molecule has 1 aromatic rings. The van der Waals surface area contributed by atoms with Crippen LogP contribution in [0.15, 0.2) is 22.7 Å². The minimum Gasteiger partial charge on any atom is -0.371 e. The van der Waals surface area contributed by atoms with Crippen molar-refractivity contribution in [2.24, 2.45) is 5.92 Å². The smallest absolute Gasteiger partial charge is 0.0412 e. The number of nitrogens with zero attached hydrogens (tertiary/aromatic N) is 1. The Morgan fingerprint density at radius 2 is 2.00 bits per heavy atom. The van der Waals surface area contributed by atoms with Crippen LogP contribution in [-0.4, -0.2) is 19.6 Å². The molecule has 0 saturated heterocycles. The lowest BCUT2D eigenvalue weighted by Gasteiger charge is -2.27. The molecule has 1 rings (SSSR count). The Labute approximate surface area is 120 Å². The zero-order chi connectivity index (χ0) is 13.5. The molecule has 0 bridgehead atoms. The number of benzene rings is 1. The first kappa shape index (κ1) is 15.5. The number of hydrogen-bond donors (Lipinski definition) is 1.